The number of likely N-dealkylation sites (tertiary alicyclic amines) is 1. The molecule has 28 heavy (non-hydrogen) atoms. The molecule has 0 spiro atoms. The number of piperidine rings is 1. The van der Waals surface area contributed by atoms with Crippen molar-refractivity contribution in [2.75, 3.05) is 19.6 Å². The van der Waals surface area contributed by atoms with E-state index >= 15 is 0 Å². The number of aromatic amines is 1. The molecule has 8 nitrogen and oxygen atoms in total. The number of amides is 2. The number of aryl methyl sites for hydroxylation is 2. The maximum Gasteiger partial charge on any atom is 0.271 e. The molecule has 0 radical (unpaired) electrons. The molecule has 1 unspecified atom stereocenters. The summed E-state index contributed by atoms with van der Waals surface area (Å²) in [6.45, 7) is 5.84. The third-order valence-electron chi connectivity index (χ3n) is 5.91. The van der Waals surface area contributed by atoms with Crippen LogP contribution in [-0.4, -0.2) is 56.3 Å². The maximum absolute atomic E-state index is 13.0. The van der Waals surface area contributed by atoms with E-state index in [0.717, 1.165) is 42.0 Å². The Bertz CT molecular complexity index is 895. The molecule has 2 aromatic rings. The van der Waals surface area contributed by atoms with E-state index < -0.39 is 0 Å². The SMILES string of the molecule is Cc1nn(C)c(C)c1-c1cc(C(=O)N2CCCC(C(=O)NCC3CC3)C2)[nH]n1. The summed E-state index contributed by atoms with van der Waals surface area (Å²) in [6, 6.07) is 1.79. The van der Waals surface area contributed by atoms with Crippen molar-refractivity contribution in [2.45, 2.75) is 39.5 Å². The van der Waals surface area contributed by atoms with Crippen molar-refractivity contribution in [2.24, 2.45) is 18.9 Å². The van der Waals surface area contributed by atoms with Gasteiger partial charge in [0.1, 0.15) is 5.69 Å². The van der Waals surface area contributed by atoms with E-state index in [4.69, 9.17) is 0 Å². The number of hydrogen-bond donors (Lipinski definition) is 2. The van der Waals surface area contributed by atoms with Gasteiger partial charge in [-0.3, -0.25) is 19.4 Å². The van der Waals surface area contributed by atoms with Crippen molar-refractivity contribution in [1.82, 2.24) is 30.2 Å². The molecule has 2 aliphatic rings. The molecule has 0 aromatic carbocycles. The highest BCUT2D eigenvalue weighted by Gasteiger charge is 2.31. The van der Waals surface area contributed by atoms with Crippen LogP contribution in [0.1, 0.15) is 47.6 Å². The predicted octanol–water partition coefficient (Wildman–Crippen LogP) is 1.81. The van der Waals surface area contributed by atoms with Crippen LogP contribution in [0.5, 0.6) is 0 Å². The number of carbonyl (C=O) groups is 2. The first-order valence-electron chi connectivity index (χ1n) is 10.1. The van der Waals surface area contributed by atoms with E-state index in [1.807, 2.05) is 25.6 Å². The van der Waals surface area contributed by atoms with Crippen LogP contribution in [0.2, 0.25) is 0 Å². The molecular weight excluding hydrogens is 356 g/mol. The lowest BCUT2D eigenvalue weighted by molar-refractivity contribution is -0.126. The van der Waals surface area contributed by atoms with Gasteiger partial charge in [0.15, 0.2) is 0 Å². The Balaban J connectivity index is 1.44. The molecule has 0 bridgehead atoms. The first kappa shape index (κ1) is 18.7. The average molecular weight is 384 g/mol. The molecule has 1 atom stereocenters. The van der Waals surface area contributed by atoms with Gasteiger partial charge in [0, 0.05) is 37.9 Å². The topological polar surface area (TPSA) is 95.9 Å². The van der Waals surface area contributed by atoms with E-state index in [0.29, 0.717) is 24.7 Å². The van der Waals surface area contributed by atoms with Gasteiger partial charge >= 0.3 is 0 Å². The van der Waals surface area contributed by atoms with Crippen molar-refractivity contribution in [3.63, 3.8) is 0 Å². The van der Waals surface area contributed by atoms with Crippen LogP contribution in [0.25, 0.3) is 11.3 Å². The fourth-order valence-corrected chi connectivity index (χ4v) is 3.96. The number of hydrogen-bond acceptors (Lipinski definition) is 4. The van der Waals surface area contributed by atoms with Crippen LogP contribution in [0.4, 0.5) is 0 Å². The van der Waals surface area contributed by atoms with E-state index in [-0.39, 0.29) is 17.7 Å². The molecule has 1 aliphatic heterocycles. The monoisotopic (exact) mass is 384 g/mol. The summed E-state index contributed by atoms with van der Waals surface area (Å²) in [5, 5.41) is 14.7. The summed E-state index contributed by atoms with van der Waals surface area (Å²) >= 11 is 0. The zero-order valence-electron chi connectivity index (χ0n) is 16.8. The quantitative estimate of drug-likeness (QED) is 0.822. The van der Waals surface area contributed by atoms with Gasteiger partial charge in [0.25, 0.3) is 5.91 Å². The van der Waals surface area contributed by atoms with E-state index in [9.17, 15) is 9.59 Å². The molecule has 2 amide bonds. The molecule has 4 rings (SSSR count). The van der Waals surface area contributed by atoms with Crippen LogP contribution in [0.15, 0.2) is 6.07 Å². The number of aromatic nitrogens is 4. The third-order valence-corrected chi connectivity index (χ3v) is 5.91. The highest BCUT2D eigenvalue weighted by atomic mass is 16.2. The lowest BCUT2D eigenvalue weighted by Crippen LogP contribution is -2.45. The number of carbonyl (C=O) groups excluding carboxylic acids is 2. The summed E-state index contributed by atoms with van der Waals surface area (Å²) in [7, 11) is 1.90. The minimum Gasteiger partial charge on any atom is -0.356 e. The van der Waals surface area contributed by atoms with Crippen LogP contribution in [0, 0.1) is 25.7 Å². The summed E-state index contributed by atoms with van der Waals surface area (Å²) in [5.74, 6) is 0.517. The Morgan fingerprint density at radius 3 is 2.75 bits per heavy atom. The molecule has 1 saturated carbocycles. The maximum atomic E-state index is 13.0. The lowest BCUT2D eigenvalue weighted by Gasteiger charge is -2.31. The van der Waals surface area contributed by atoms with Crippen molar-refractivity contribution in [1.29, 1.82) is 0 Å². The van der Waals surface area contributed by atoms with Crippen LogP contribution in [0.3, 0.4) is 0 Å². The third kappa shape index (κ3) is 3.68. The molecule has 150 valence electrons. The molecule has 8 heteroatoms. The number of H-pyrrole nitrogens is 1. The zero-order valence-corrected chi connectivity index (χ0v) is 16.8. The Morgan fingerprint density at radius 2 is 2.07 bits per heavy atom. The molecule has 1 saturated heterocycles. The first-order valence-corrected chi connectivity index (χ1v) is 10.1. The zero-order chi connectivity index (χ0) is 19.8. The summed E-state index contributed by atoms with van der Waals surface area (Å²) < 4.78 is 1.82. The molecule has 2 fully saturated rings. The van der Waals surface area contributed by atoms with Gasteiger partial charge in [-0.05, 0) is 51.5 Å². The largest absolute Gasteiger partial charge is 0.356 e. The van der Waals surface area contributed by atoms with Gasteiger partial charge in [-0.25, -0.2) is 0 Å². The second kappa shape index (κ2) is 7.41. The van der Waals surface area contributed by atoms with E-state index in [1.54, 1.807) is 11.0 Å². The number of nitrogens with one attached hydrogen (secondary N) is 2. The average Bonchev–Trinajstić information content (AvgIpc) is 3.34. The van der Waals surface area contributed by atoms with Gasteiger partial charge in [-0.1, -0.05) is 0 Å². The van der Waals surface area contributed by atoms with E-state index in [2.05, 4.69) is 20.6 Å². The lowest BCUT2D eigenvalue weighted by atomic mass is 9.96. The second-order valence-electron chi connectivity index (χ2n) is 8.12. The second-order valence-corrected chi connectivity index (χ2v) is 8.12. The van der Waals surface area contributed by atoms with Gasteiger partial charge in [-0.15, -0.1) is 0 Å². The molecule has 1 aliphatic carbocycles. The Morgan fingerprint density at radius 1 is 1.29 bits per heavy atom. The van der Waals surface area contributed by atoms with Crippen molar-refractivity contribution in [3.8, 4) is 11.3 Å². The summed E-state index contributed by atoms with van der Waals surface area (Å²) in [5.41, 5.74) is 4.02. The highest BCUT2D eigenvalue weighted by molar-refractivity contribution is 5.94. The van der Waals surface area contributed by atoms with Crippen LogP contribution < -0.4 is 5.32 Å². The fraction of sp³-hybridized carbons (Fsp3) is 0.600. The van der Waals surface area contributed by atoms with Crippen LogP contribution in [-0.2, 0) is 11.8 Å². The van der Waals surface area contributed by atoms with Gasteiger partial charge < -0.3 is 10.2 Å². The molecule has 2 N–H and O–H groups in total. The normalized spacial score (nSPS) is 19.7. The predicted molar refractivity (Wildman–Crippen MR) is 105 cm³/mol. The molecule has 3 heterocycles. The standard InChI is InChI=1S/C20H28N6O2/c1-12-18(13(2)25(3)24-12)16-9-17(23-22-16)20(28)26-8-4-5-15(11-26)19(27)21-10-14-6-7-14/h9,14-15H,4-8,10-11H2,1-3H3,(H,21,27)(H,22,23). The fourth-order valence-electron chi connectivity index (χ4n) is 3.96. The minimum absolute atomic E-state index is 0.0799. The van der Waals surface area contributed by atoms with Gasteiger partial charge in [0.2, 0.25) is 5.91 Å². The van der Waals surface area contributed by atoms with Crippen molar-refractivity contribution >= 4 is 11.8 Å². The van der Waals surface area contributed by atoms with Crippen molar-refractivity contribution < 1.29 is 9.59 Å². The number of nitrogens with zero attached hydrogens (tertiary/aromatic N) is 4. The van der Waals surface area contributed by atoms with Crippen molar-refractivity contribution in [3.05, 3.63) is 23.1 Å². The molecular formula is C20H28N6O2. The van der Waals surface area contributed by atoms with E-state index in [1.165, 1.54) is 12.8 Å². The Hall–Kier alpha value is -2.64. The van der Waals surface area contributed by atoms with Gasteiger partial charge in [-0.2, -0.15) is 10.2 Å². The molecule has 2 aromatic heterocycles. The Labute approximate surface area is 164 Å². The number of rotatable bonds is 5. The summed E-state index contributed by atoms with van der Waals surface area (Å²) in [4.78, 5) is 27.2. The first-order chi connectivity index (χ1) is 13.4. The summed E-state index contributed by atoms with van der Waals surface area (Å²) in [6.07, 6.45) is 4.11. The van der Waals surface area contributed by atoms with Crippen LogP contribution >= 0.6 is 0 Å². The Kier molecular flexibility index (Phi) is 4.95. The highest BCUT2D eigenvalue weighted by Crippen LogP contribution is 2.28. The minimum atomic E-state index is -0.123. The smallest absolute Gasteiger partial charge is 0.271 e. The van der Waals surface area contributed by atoms with Gasteiger partial charge in [0.05, 0.1) is 17.3 Å².